The standard InChI is InChI=1S/C30H49N3O5/c1-6-7-8-9-10-11-12-13-14-15-25(34)32-23-16-18-24(19-17-23)33-26(35)20-21-31-28(36)27-29(2,3)22-37-30(4,5)38-27/h16-19,27H,6-15,20-22H2,1-5H3,(H,31,36)(H,32,34)(H,33,35). The van der Waals surface area contributed by atoms with Crippen LogP contribution in [0.2, 0.25) is 0 Å². The number of carbonyl (C=O) groups excluding carboxylic acids is 3. The van der Waals surface area contributed by atoms with E-state index in [9.17, 15) is 14.4 Å². The average Bonchev–Trinajstić information content (AvgIpc) is 2.86. The van der Waals surface area contributed by atoms with Crippen LogP contribution in [0.1, 0.15) is 105 Å². The Labute approximate surface area is 229 Å². The summed E-state index contributed by atoms with van der Waals surface area (Å²) in [6, 6.07) is 7.06. The summed E-state index contributed by atoms with van der Waals surface area (Å²) in [4.78, 5) is 37.2. The van der Waals surface area contributed by atoms with E-state index in [-0.39, 0.29) is 30.7 Å². The Morgan fingerprint density at radius 1 is 0.789 bits per heavy atom. The highest BCUT2D eigenvalue weighted by Gasteiger charge is 2.45. The lowest BCUT2D eigenvalue weighted by molar-refractivity contribution is -0.304. The lowest BCUT2D eigenvalue weighted by Crippen LogP contribution is -2.56. The van der Waals surface area contributed by atoms with Crippen molar-refractivity contribution in [3.05, 3.63) is 24.3 Å². The molecule has 3 amide bonds. The molecule has 0 spiro atoms. The highest BCUT2D eigenvalue weighted by atomic mass is 16.7. The van der Waals surface area contributed by atoms with Gasteiger partial charge in [-0.3, -0.25) is 14.4 Å². The topological polar surface area (TPSA) is 106 Å². The van der Waals surface area contributed by atoms with Crippen molar-refractivity contribution in [3.63, 3.8) is 0 Å². The van der Waals surface area contributed by atoms with Crippen LogP contribution in [0, 0.1) is 5.41 Å². The summed E-state index contributed by atoms with van der Waals surface area (Å²) in [7, 11) is 0. The second kappa shape index (κ2) is 15.8. The maximum Gasteiger partial charge on any atom is 0.249 e. The van der Waals surface area contributed by atoms with E-state index < -0.39 is 17.3 Å². The van der Waals surface area contributed by atoms with E-state index in [2.05, 4.69) is 22.9 Å². The summed E-state index contributed by atoms with van der Waals surface area (Å²) in [6.45, 7) is 10.2. The van der Waals surface area contributed by atoms with Gasteiger partial charge in [0.1, 0.15) is 6.10 Å². The summed E-state index contributed by atoms with van der Waals surface area (Å²) in [5.41, 5.74) is 0.874. The number of hydrogen-bond donors (Lipinski definition) is 3. The molecular formula is C30H49N3O5. The summed E-state index contributed by atoms with van der Waals surface area (Å²) in [5, 5.41) is 8.54. The normalized spacial score (nSPS) is 18.0. The van der Waals surface area contributed by atoms with E-state index in [0.29, 0.717) is 24.4 Å². The number of ether oxygens (including phenoxy) is 2. The third kappa shape index (κ3) is 11.9. The van der Waals surface area contributed by atoms with Gasteiger partial charge < -0.3 is 25.4 Å². The first-order valence-electron chi connectivity index (χ1n) is 14.3. The average molecular weight is 532 g/mol. The first-order valence-corrected chi connectivity index (χ1v) is 14.3. The van der Waals surface area contributed by atoms with Gasteiger partial charge in [0.2, 0.25) is 17.7 Å². The number of hydrogen-bond acceptors (Lipinski definition) is 5. The zero-order valence-corrected chi connectivity index (χ0v) is 24.1. The molecule has 0 saturated carbocycles. The van der Waals surface area contributed by atoms with Crippen LogP contribution in [0.4, 0.5) is 11.4 Å². The lowest BCUT2D eigenvalue weighted by Gasteiger charge is -2.44. The van der Waals surface area contributed by atoms with Crippen LogP contribution < -0.4 is 16.0 Å². The lowest BCUT2D eigenvalue weighted by atomic mass is 9.85. The van der Waals surface area contributed by atoms with Crippen molar-refractivity contribution in [2.75, 3.05) is 23.8 Å². The van der Waals surface area contributed by atoms with E-state index in [1.807, 2.05) is 13.8 Å². The largest absolute Gasteiger partial charge is 0.353 e. The Bertz CT molecular complexity index is 882. The first-order chi connectivity index (χ1) is 18.0. The molecule has 1 heterocycles. The molecule has 214 valence electrons. The Hall–Kier alpha value is -2.45. The number of amides is 3. The van der Waals surface area contributed by atoms with Crippen LogP contribution >= 0.6 is 0 Å². The van der Waals surface area contributed by atoms with Gasteiger partial charge in [-0.05, 0) is 44.5 Å². The molecule has 0 aliphatic carbocycles. The van der Waals surface area contributed by atoms with Crippen LogP contribution in [-0.2, 0) is 23.9 Å². The fourth-order valence-electron chi connectivity index (χ4n) is 4.39. The Morgan fingerprint density at radius 3 is 1.84 bits per heavy atom. The van der Waals surface area contributed by atoms with E-state index in [4.69, 9.17) is 9.47 Å². The smallest absolute Gasteiger partial charge is 0.249 e. The molecule has 3 N–H and O–H groups in total. The maximum atomic E-state index is 12.7. The third-order valence-corrected chi connectivity index (χ3v) is 6.75. The van der Waals surface area contributed by atoms with Gasteiger partial charge in [0.25, 0.3) is 0 Å². The molecule has 1 fully saturated rings. The number of benzene rings is 1. The quantitative estimate of drug-likeness (QED) is 0.221. The van der Waals surface area contributed by atoms with E-state index >= 15 is 0 Å². The number of anilines is 2. The van der Waals surface area contributed by atoms with Crippen molar-refractivity contribution in [3.8, 4) is 0 Å². The molecule has 1 aliphatic rings. The van der Waals surface area contributed by atoms with E-state index in [0.717, 1.165) is 12.8 Å². The number of unbranched alkanes of at least 4 members (excludes halogenated alkanes) is 8. The van der Waals surface area contributed by atoms with Crippen LogP contribution in [0.25, 0.3) is 0 Å². The maximum absolute atomic E-state index is 12.7. The van der Waals surface area contributed by atoms with Crippen molar-refractivity contribution in [2.45, 2.75) is 117 Å². The summed E-state index contributed by atoms with van der Waals surface area (Å²) in [6.07, 6.45) is 11.0. The highest BCUT2D eigenvalue weighted by Crippen LogP contribution is 2.34. The molecule has 0 aromatic heterocycles. The van der Waals surface area contributed by atoms with Crippen molar-refractivity contribution in [1.29, 1.82) is 0 Å². The third-order valence-electron chi connectivity index (χ3n) is 6.75. The minimum atomic E-state index is -0.826. The highest BCUT2D eigenvalue weighted by molar-refractivity contribution is 5.93. The summed E-state index contributed by atoms with van der Waals surface area (Å²) in [5.74, 6) is -1.27. The molecule has 8 nitrogen and oxygen atoms in total. The molecule has 0 radical (unpaired) electrons. The van der Waals surface area contributed by atoms with Crippen molar-refractivity contribution < 1.29 is 23.9 Å². The van der Waals surface area contributed by atoms with Gasteiger partial charge in [-0.25, -0.2) is 0 Å². The predicted molar refractivity (Wildman–Crippen MR) is 152 cm³/mol. The van der Waals surface area contributed by atoms with E-state index in [1.54, 1.807) is 38.1 Å². The van der Waals surface area contributed by atoms with Gasteiger partial charge >= 0.3 is 0 Å². The monoisotopic (exact) mass is 531 g/mol. The molecular weight excluding hydrogens is 482 g/mol. The molecule has 1 saturated heterocycles. The van der Waals surface area contributed by atoms with Crippen molar-refractivity contribution in [1.82, 2.24) is 5.32 Å². The molecule has 1 unspecified atom stereocenters. The molecule has 1 aromatic rings. The fourth-order valence-corrected chi connectivity index (χ4v) is 4.39. The second-order valence-electron chi connectivity index (χ2n) is 11.5. The van der Waals surface area contributed by atoms with E-state index in [1.165, 1.54) is 44.9 Å². The Balaban J connectivity index is 1.62. The Morgan fingerprint density at radius 2 is 1.29 bits per heavy atom. The van der Waals surface area contributed by atoms with Gasteiger partial charge in [-0.1, -0.05) is 72.1 Å². The molecule has 1 aromatic carbocycles. The molecule has 1 atom stereocenters. The van der Waals surface area contributed by atoms with Crippen molar-refractivity contribution in [2.24, 2.45) is 5.41 Å². The van der Waals surface area contributed by atoms with Gasteiger partial charge in [0, 0.05) is 36.2 Å². The first kappa shape index (κ1) is 31.8. The van der Waals surface area contributed by atoms with Crippen LogP contribution in [-0.4, -0.2) is 42.8 Å². The van der Waals surface area contributed by atoms with Crippen LogP contribution in [0.3, 0.4) is 0 Å². The fraction of sp³-hybridized carbons (Fsp3) is 0.700. The number of carbonyl (C=O) groups is 3. The van der Waals surface area contributed by atoms with Gasteiger partial charge in [-0.2, -0.15) is 0 Å². The molecule has 8 heteroatoms. The Kier molecular flexibility index (Phi) is 13.2. The summed E-state index contributed by atoms with van der Waals surface area (Å²) >= 11 is 0. The zero-order valence-electron chi connectivity index (χ0n) is 24.1. The molecule has 38 heavy (non-hydrogen) atoms. The molecule has 2 rings (SSSR count). The number of rotatable bonds is 16. The second-order valence-corrected chi connectivity index (χ2v) is 11.5. The summed E-state index contributed by atoms with van der Waals surface area (Å²) < 4.78 is 11.5. The van der Waals surface area contributed by atoms with Crippen LogP contribution in [0.5, 0.6) is 0 Å². The van der Waals surface area contributed by atoms with Gasteiger partial charge in [0.15, 0.2) is 5.79 Å². The van der Waals surface area contributed by atoms with Crippen molar-refractivity contribution >= 4 is 29.1 Å². The molecule has 0 bridgehead atoms. The SMILES string of the molecule is CCCCCCCCCCCC(=O)Nc1ccc(NC(=O)CCNC(=O)C2OC(C)(C)OCC2(C)C)cc1. The molecule has 1 aliphatic heterocycles. The predicted octanol–water partition coefficient (Wildman–Crippen LogP) is 6.17. The number of nitrogens with one attached hydrogen (secondary N) is 3. The van der Waals surface area contributed by atoms with Gasteiger partial charge in [-0.15, -0.1) is 0 Å². The minimum absolute atomic E-state index is 0.0144. The van der Waals surface area contributed by atoms with Gasteiger partial charge in [0.05, 0.1) is 6.61 Å². The minimum Gasteiger partial charge on any atom is -0.353 e. The van der Waals surface area contributed by atoms with Crippen LogP contribution in [0.15, 0.2) is 24.3 Å². The zero-order chi connectivity index (χ0) is 28.0.